The zero-order chi connectivity index (χ0) is 20.4. The van der Waals surface area contributed by atoms with Gasteiger partial charge in [0.1, 0.15) is 0 Å². The molecule has 0 saturated heterocycles. The summed E-state index contributed by atoms with van der Waals surface area (Å²) in [5, 5.41) is 6.40. The molecule has 7 heteroatoms. The highest BCUT2D eigenvalue weighted by Crippen LogP contribution is 2.10. The van der Waals surface area contributed by atoms with Gasteiger partial charge in [-0.15, -0.1) is 0 Å². The Balaban J connectivity index is 1.81. The summed E-state index contributed by atoms with van der Waals surface area (Å²) < 4.78 is 4.88. The summed E-state index contributed by atoms with van der Waals surface area (Å²) in [4.78, 5) is 35.4. The number of nitrogens with zero attached hydrogens (tertiary/aromatic N) is 1. The van der Waals surface area contributed by atoms with Crippen molar-refractivity contribution >= 4 is 29.2 Å². The van der Waals surface area contributed by atoms with Gasteiger partial charge in [0.05, 0.1) is 12.2 Å². The molecule has 2 aromatic rings. The minimum Gasteiger partial charge on any atom is -0.462 e. The Hall–Kier alpha value is -3.48. The Kier molecular flexibility index (Phi) is 7.90. The third-order valence-electron chi connectivity index (χ3n) is 3.83. The molecule has 0 saturated carbocycles. The van der Waals surface area contributed by atoms with E-state index >= 15 is 0 Å². The molecular formula is C21H23N3O4. The van der Waals surface area contributed by atoms with Crippen LogP contribution in [0.25, 0.3) is 0 Å². The molecule has 0 aliphatic carbocycles. The van der Waals surface area contributed by atoms with Gasteiger partial charge in [-0.1, -0.05) is 30.3 Å². The van der Waals surface area contributed by atoms with Crippen molar-refractivity contribution in [2.24, 2.45) is 5.10 Å². The van der Waals surface area contributed by atoms with Gasteiger partial charge in [-0.2, -0.15) is 5.10 Å². The van der Waals surface area contributed by atoms with Crippen LogP contribution in [0.4, 0.5) is 5.69 Å². The fourth-order valence-corrected chi connectivity index (χ4v) is 2.31. The SMILES string of the molecule is CCOC(=O)c1ccc(NC(=O)C(=O)N/N=C(/C)CCc2ccccc2)cc1. The van der Waals surface area contributed by atoms with E-state index in [1.54, 1.807) is 13.8 Å². The van der Waals surface area contributed by atoms with Gasteiger partial charge in [0, 0.05) is 11.4 Å². The van der Waals surface area contributed by atoms with Crippen LogP contribution in [0.3, 0.4) is 0 Å². The van der Waals surface area contributed by atoms with Crippen molar-refractivity contribution in [1.82, 2.24) is 5.43 Å². The second-order valence-electron chi connectivity index (χ2n) is 6.03. The fraction of sp³-hybridized carbons (Fsp3) is 0.238. The summed E-state index contributed by atoms with van der Waals surface area (Å²) in [6.07, 6.45) is 1.46. The lowest BCUT2D eigenvalue weighted by molar-refractivity contribution is -0.136. The topological polar surface area (TPSA) is 96.9 Å². The number of carbonyl (C=O) groups excluding carboxylic acids is 3. The van der Waals surface area contributed by atoms with E-state index in [1.807, 2.05) is 30.3 Å². The third-order valence-corrected chi connectivity index (χ3v) is 3.83. The molecule has 0 fully saturated rings. The molecule has 0 aliphatic rings. The first-order chi connectivity index (χ1) is 13.5. The highest BCUT2D eigenvalue weighted by Gasteiger charge is 2.14. The van der Waals surface area contributed by atoms with Crippen LogP contribution in [-0.2, 0) is 20.7 Å². The van der Waals surface area contributed by atoms with Crippen molar-refractivity contribution in [3.05, 3.63) is 65.7 Å². The van der Waals surface area contributed by atoms with E-state index in [9.17, 15) is 14.4 Å². The lowest BCUT2D eigenvalue weighted by Gasteiger charge is -2.06. The average molecular weight is 381 g/mol. The molecule has 0 spiro atoms. The Morgan fingerprint density at radius 1 is 0.964 bits per heavy atom. The Bertz CT molecular complexity index is 846. The molecular weight excluding hydrogens is 358 g/mol. The number of hydrazone groups is 1. The van der Waals surface area contributed by atoms with Gasteiger partial charge < -0.3 is 10.1 Å². The molecule has 0 aromatic heterocycles. The number of hydrogen-bond acceptors (Lipinski definition) is 5. The van der Waals surface area contributed by atoms with E-state index in [2.05, 4.69) is 15.8 Å². The largest absolute Gasteiger partial charge is 0.462 e. The molecule has 2 amide bonds. The quantitative estimate of drug-likeness (QED) is 0.333. The third kappa shape index (κ3) is 6.68. The zero-order valence-electron chi connectivity index (χ0n) is 15.9. The fourth-order valence-electron chi connectivity index (χ4n) is 2.31. The Labute approximate surface area is 163 Å². The minimum atomic E-state index is -0.867. The van der Waals surface area contributed by atoms with Gasteiger partial charge in [-0.3, -0.25) is 9.59 Å². The maximum Gasteiger partial charge on any atom is 0.338 e. The van der Waals surface area contributed by atoms with Crippen LogP contribution < -0.4 is 10.7 Å². The first-order valence-electron chi connectivity index (χ1n) is 8.95. The smallest absolute Gasteiger partial charge is 0.338 e. The first-order valence-corrected chi connectivity index (χ1v) is 8.95. The number of carbonyl (C=O) groups is 3. The van der Waals surface area contributed by atoms with E-state index in [-0.39, 0.29) is 6.61 Å². The molecule has 2 aromatic carbocycles. The lowest BCUT2D eigenvalue weighted by Crippen LogP contribution is -2.32. The number of rotatable bonds is 7. The molecule has 7 nitrogen and oxygen atoms in total. The van der Waals surface area contributed by atoms with Crippen LogP contribution in [-0.4, -0.2) is 30.1 Å². The van der Waals surface area contributed by atoms with E-state index in [4.69, 9.17) is 4.74 Å². The standard InChI is InChI=1S/C21H23N3O4/c1-3-28-21(27)17-11-13-18(14-12-17)22-19(25)20(26)24-23-15(2)9-10-16-7-5-4-6-8-16/h4-8,11-14H,3,9-10H2,1-2H3,(H,22,25)(H,24,26)/b23-15-. The average Bonchev–Trinajstić information content (AvgIpc) is 2.71. The normalized spacial score (nSPS) is 10.9. The van der Waals surface area contributed by atoms with Crippen LogP contribution >= 0.6 is 0 Å². The van der Waals surface area contributed by atoms with Crippen molar-refractivity contribution in [2.45, 2.75) is 26.7 Å². The summed E-state index contributed by atoms with van der Waals surface area (Å²) in [7, 11) is 0. The Morgan fingerprint density at radius 2 is 1.64 bits per heavy atom. The van der Waals surface area contributed by atoms with E-state index in [1.165, 1.54) is 29.8 Å². The maximum atomic E-state index is 11.9. The molecule has 0 unspecified atom stereocenters. The lowest BCUT2D eigenvalue weighted by atomic mass is 10.1. The van der Waals surface area contributed by atoms with E-state index in [0.717, 1.165) is 6.42 Å². The van der Waals surface area contributed by atoms with Gasteiger partial charge in [0.15, 0.2) is 0 Å². The number of hydrogen-bond donors (Lipinski definition) is 2. The van der Waals surface area contributed by atoms with Crippen LogP contribution in [0.15, 0.2) is 59.7 Å². The number of benzene rings is 2. The molecule has 0 bridgehead atoms. The van der Waals surface area contributed by atoms with Crippen LogP contribution in [0.1, 0.15) is 36.2 Å². The molecule has 0 atom stereocenters. The van der Waals surface area contributed by atoms with Gasteiger partial charge in [0.2, 0.25) is 0 Å². The number of anilines is 1. The minimum absolute atomic E-state index is 0.281. The highest BCUT2D eigenvalue weighted by molar-refractivity contribution is 6.39. The summed E-state index contributed by atoms with van der Waals surface area (Å²) in [5.41, 5.74) is 4.88. The number of aryl methyl sites for hydroxylation is 1. The monoisotopic (exact) mass is 381 g/mol. The number of ether oxygens (including phenoxy) is 1. The highest BCUT2D eigenvalue weighted by atomic mass is 16.5. The molecule has 0 radical (unpaired) electrons. The molecule has 28 heavy (non-hydrogen) atoms. The first kappa shape index (κ1) is 20.8. The predicted molar refractivity (Wildman–Crippen MR) is 107 cm³/mol. The number of esters is 1. The molecule has 0 heterocycles. The summed E-state index contributed by atoms with van der Waals surface area (Å²) in [5.74, 6) is -2.16. The molecule has 146 valence electrons. The molecule has 2 rings (SSSR count). The van der Waals surface area contributed by atoms with Crippen molar-refractivity contribution in [3.63, 3.8) is 0 Å². The zero-order valence-corrected chi connectivity index (χ0v) is 15.9. The van der Waals surface area contributed by atoms with Gasteiger partial charge in [-0.25, -0.2) is 10.2 Å². The van der Waals surface area contributed by atoms with Crippen LogP contribution in [0.2, 0.25) is 0 Å². The summed E-state index contributed by atoms with van der Waals surface area (Å²) in [6, 6.07) is 16.0. The number of nitrogens with one attached hydrogen (secondary N) is 2. The van der Waals surface area contributed by atoms with Gasteiger partial charge >= 0.3 is 17.8 Å². The summed E-state index contributed by atoms with van der Waals surface area (Å²) in [6.45, 7) is 3.79. The summed E-state index contributed by atoms with van der Waals surface area (Å²) >= 11 is 0. The second-order valence-corrected chi connectivity index (χ2v) is 6.03. The molecule has 0 aliphatic heterocycles. The number of amides is 2. The van der Waals surface area contributed by atoms with Gasteiger partial charge in [0.25, 0.3) is 0 Å². The predicted octanol–water partition coefficient (Wildman–Crippen LogP) is 2.93. The van der Waals surface area contributed by atoms with E-state index < -0.39 is 17.8 Å². The van der Waals surface area contributed by atoms with Gasteiger partial charge in [-0.05, 0) is 56.5 Å². The van der Waals surface area contributed by atoms with Crippen LogP contribution in [0, 0.1) is 0 Å². The Morgan fingerprint density at radius 3 is 2.29 bits per heavy atom. The maximum absolute atomic E-state index is 11.9. The van der Waals surface area contributed by atoms with Crippen molar-refractivity contribution in [3.8, 4) is 0 Å². The van der Waals surface area contributed by atoms with Crippen molar-refractivity contribution in [1.29, 1.82) is 0 Å². The molecule has 2 N–H and O–H groups in total. The van der Waals surface area contributed by atoms with Crippen molar-refractivity contribution in [2.75, 3.05) is 11.9 Å². The second kappa shape index (κ2) is 10.6. The van der Waals surface area contributed by atoms with Crippen molar-refractivity contribution < 1.29 is 19.1 Å². The van der Waals surface area contributed by atoms with Crippen LogP contribution in [0.5, 0.6) is 0 Å². The van der Waals surface area contributed by atoms with E-state index in [0.29, 0.717) is 23.4 Å².